The Morgan fingerprint density at radius 1 is 1.29 bits per heavy atom. The van der Waals surface area contributed by atoms with Crippen molar-refractivity contribution in [2.75, 3.05) is 6.26 Å². The summed E-state index contributed by atoms with van der Waals surface area (Å²) in [6, 6.07) is 0. The van der Waals surface area contributed by atoms with Crippen LogP contribution in [-0.2, 0) is 18.6 Å². The van der Waals surface area contributed by atoms with E-state index in [2.05, 4.69) is 22.1 Å². The monoisotopic (exact) mass is 396 g/mol. The SMILES string of the molecule is CSc1nnc(SCc2nc3sc4c(c3c(=O)[nH]2)CC[C@H](C)C4)s1. The zero-order valence-electron chi connectivity index (χ0n) is 13.3. The molecule has 0 amide bonds. The second-order valence-electron chi connectivity index (χ2n) is 5.87. The minimum Gasteiger partial charge on any atom is -0.309 e. The van der Waals surface area contributed by atoms with Gasteiger partial charge in [-0.05, 0) is 37.0 Å². The van der Waals surface area contributed by atoms with Crippen LogP contribution >= 0.6 is 46.2 Å². The van der Waals surface area contributed by atoms with Crippen molar-refractivity contribution in [1.29, 1.82) is 0 Å². The van der Waals surface area contributed by atoms with E-state index in [0.717, 1.165) is 38.2 Å². The van der Waals surface area contributed by atoms with Crippen LogP contribution in [0.5, 0.6) is 0 Å². The molecule has 4 rings (SSSR count). The van der Waals surface area contributed by atoms with Gasteiger partial charge in [0.1, 0.15) is 10.7 Å². The maximum absolute atomic E-state index is 12.5. The number of fused-ring (bicyclic) bond motifs is 3. The van der Waals surface area contributed by atoms with Crippen molar-refractivity contribution in [3.63, 3.8) is 0 Å². The van der Waals surface area contributed by atoms with Gasteiger partial charge in [0.2, 0.25) is 0 Å². The van der Waals surface area contributed by atoms with Gasteiger partial charge in [-0.2, -0.15) is 0 Å². The van der Waals surface area contributed by atoms with Gasteiger partial charge in [0, 0.05) is 4.88 Å². The second kappa shape index (κ2) is 6.78. The number of nitrogens with zero attached hydrogens (tertiary/aromatic N) is 3. The number of thioether (sulfide) groups is 2. The van der Waals surface area contributed by atoms with Crippen LogP contribution in [0.25, 0.3) is 10.2 Å². The van der Waals surface area contributed by atoms with Crippen LogP contribution in [0.3, 0.4) is 0 Å². The smallest absolute Gasteiger partial charge is 0.259 e. The Morgan fingerprint density at radius 2 is 2.12 bits per heavy atom. The molecule has 5 nitrogen and oxygen atoms in total. The fourth-order valence-electron chi connectivity index (χ4n) is 2.93. The molecule has 9 heteroatoms. The number of hydrogen-bond donors (Lipinski definition) is 1. The molecule has 126 valence electrons. The average Bonchev–Trinajstić information content (AvgIpc) is 3.16. The van der Waals surface area contributed by atoms with E-state index in [-0.39, 0.29) is 5.56 Å². The fraction of sp³-hybridized carbons (Fsp3) is 0.467. The van der Waals surface area contributed by atoms with Gasteiger partial charge in [-0.3, -0.25) is 4.79 Å². The molecule has 0 spiro atoms. The van der Waals surface area contributed by atoms with Crippen molar-refractivity contribution in [1.82, 2.24) is 20.2 Å². The number of rotatable bonds is 4. The topological polar surface area (TPSA) is 71.5 Å². The summed E-state index contributed by atoms with van der Waals surface area (Å²) in [6.07, 6.45) is 5.21. The summed E-state index contributed by atoms with van der Waals surface area (Å²) in [6.45, 7) is 2.28. The first-order valence-corrected chi connectivity index (χ1v) is 11.5. The van der Waals surface area contributed by atoms with Gasteiger partial charge in [-0.1, -0.05) is 41.8 Å². The number of aromatic nitrogens is 4. The third-order valence-electron chi connectivity index (χ3n) is 4.11. The van der Waals surface area contributed by atoms with Gasteiger partial charge in [-0.25, -0.2) is 4.98 Å². The molecule has 0 saturated heterocycles. The number of H-pyrrole nitrogens is 1. The Balaban J connectivity index is 1.62. The molecule has 24 heavy (non-hydrogen) atoms. The summed E-state index contributed by atoms with van der Waals surface area (Å²) in [5.41, 5.74) is 1.24. The maximum atomic E-state index is 12.5. The number of aromatic amines is 1. The van der Waals surface area contributed by atoms with Crippen molar-refractivity contribution in [3.8, 4) is 0 Å². The third kappa shape index (κ3) is 3.14. The predicted octanol–water partition coefficient (Wildman–Crippen LogP) is 3.98. The lowest BCUT2D eigenvalue weighted by atomic mass is 9.89. The highest BCUT2D eigenvalue weighted by Crippen LogP contribution is 2.36. The van der Waals surface area contributed by atoms with Crippen LogP contribution in [-0.4, -0.2) is 26.4 Å². The highest BCUT2D eigenvalue weighted by Gasteiger charge is 2.23. The molecule has 1 aliphatic carbocycles. The van der Waals surface area contributed by atoms with E-state index in [0.29, 0.717) is 17.5 Å². The van der Waals surface area contributed by atoms with Crippen molar-refractivity contribution in [2.45, 2.75) is 40.6 Å². The molecule has 0 bridgehead atoms. The minimum absolute atomic E-state index is 0.00437. The molecule has 3 aromatic rings. The average molecular weight is 397 g/mol. The predicted molar refractivity (Wildman–Crippen MR) is 103 cm³/mol. The quantitative estimate of drug-likeness (QED) is 0.673. The summed E-state index contributed by atoms with van der Waals surface area (Å²) < 4.78 is 1.86. The van der Waals surface area contributed by atoms with E-state index >= 15 is 0 Å². The maximum Gasteiger partial charge on any atom is 0.259 e. The second-order valence-corrected chi connectivity index (χ2v) is 10.2. The summed E-state index contributed by atoms with van der Waals surface area (Å²) in [5, 5.41) is 9.04. The van der Waals surface area contributed by atoms with Gasteiger partial charge in [0.05, 0.1) is 11.1 Å². The number of aryl methyl sites for hydroxylation is 1. The molecule has 0 saturated carbocycles. The molecule has 3 heterocycles. The number of hydrogen-bond acceptors (Lipinski definition) is 8. The lowest BCUT2D eigenvalue weighted by Gasteiger charge is -2.17. The van der Waals surface area contributed by atoms with Crippen LogP contribution in [0, 0.1) is 5.92 Å². The number of nitrogens with one attached hydrogen (secondary N) is 1. The van der Waals surface area contributed by atoms with Gasteiger partial charge < -0.3 is 4.98 Å². The Labute approximate surface area is 155 Å². The standard InChI is InChI=1S/C15H16N4OS4/c1-7-3-4-8-9(5-7)23-13-11(8)12(20)16-10(17-13)6-22-15-19-18-14(21-2)24-15/h7H,3-6H2,1-2H3,(H,16,17,20)/t7-/m0/s1. The highest BCUT2D eigenvalue weighted by atomic mass is 32.2. The summed E-state index contributed by atoms with van der Waals surface area (Å²) >= 11 is 6.42. The first kappa shape index (κ1) is 16.6. The molecule has 0 radical (unpaired) electrons. The van der Waals surface area contributed by atoms with Crippen molar-refractivity contribution in [3.05, 3.63) is 26.6 Å². The Kier molecular flexibility index (Phi) is 4.68. The van der Waals surface area contributed by atoms with Crippen molar-refractivity contribution < 1.29 is 0 Å². The molecule has 0 unspecified atom stereocenters. The number of thiophene rings is 1. The Bertz CT molecular complexity index is 945. The minimum atomic E-state index is 0.00437. The Morgan fingerprint density at radius 3 is 2.92 bits per heavy atom. The summed E-state index contributed by atoms with van der Waals surface area (Å²) in [7, 11) is 0. The van der Waals surface area contributed by atoms with Gasteiger partial charge in [0.15, 0.2) is 8.68 Å². The molecule has 0 aliphatic heterocycles. The van der Waals surface area contributed by atoms with Crippen LogP contribution in [0.2, 0.25) is 0 Å². The van der Waals surface area contributed by atoms with Crippen LogP contribution in [0.1, 0.15) is 29.6 Å². The van der Waals surface area contributed by atoms with E-state index in [1.165, 1.54) is 10.4 Å². The molecule has 1 aliphatic rings. The molecule has 1 atom stereocenters. The zero-order chi connectivity index (χ0) is 16.7. The normalized spacial score (nSPS) is 17.3. The summed E-state index contributed by atoms with van der Waals surface area (Å²) in [4.78, 5) is 22.4. The van der Waals surface area contributed by atoms with Gasteiger partial charge in [0.25, 0.3) is 5.56 Å². The van der Waals surface area contributed by atoms with Crippen molar-refractivity contribution >= 4 is 56.4 Å². The highest BCUT2D eigenvalue weighted by molar-refractivity contribution is 8.02. The largest absolute Gasteiger partial charge is 0.309 e. The molecule has 0 aromatic carbocycles. The molecule has 1 N–H and O–H groups in total. The fourth-order valence-corrected chi connectivity index (χ4v) is 6.64. The first-order valence-electron chi connectivity index (χ1n) is 7.67. The van der Waals surface area contributed by atoms with E-state index in [4.69, 9.17) is 4.98 Å². The van der Waals surface area contributed by atoms with E-state index in [9.17, 15) is 4.79 Å². The first-order chi connectivity index (χ1) is 11.6. The van der Waals surface area contributed by atoms with Gasteiger partial charge in [-0.15, -0.1) is 21.5 Å². The van der Waals surface area contributed by atoms with Crippen LogP contribution in [0.15, 0.2) is 13.5 Å². The van der Waals surface area contributed by atoms with E-state index in [1.54, 1.807) is 46.2 Å². The third-order valence-corrected chi connectivity index (χ3v) is 8.30. The van der Waals surface area contributed by atoms with E-state index in [1.807, 2.05) is 6.26 Å². The summed E-state index contributed by atoms with van der Waals surface area (Å²) in [5.74, 6) is 2.01. The molecular weight excluding hydrogens is 380 g/mol. The lowest BCUT2D eigenvalue weighted by molar-refractivity contribution is 0.509. The van der Waals surface area contributed by atoms with Crippen LogP contribution < -0.4 is 5.56 Å². The molecule has 3 aromatic heterocycles. The van der Waals surface area contributed by atoms with Gasteiger partial charge >= 0.3 is 0 Å². The molecule has 0 fully saturated rings. The Hall–Kier alpha value is -0.900. The van der Waals surface area contributed by atoms with Crippen molar-refractivity contribution in [2.24, 2.45) is 5.92 Å². The lowest BCUT2D eigenvalue weighted by Crippen LogP contribution is -2.14. The van der Waals surface area contributed by atoms with Crippen LogP contribution in [0.4, 0.5) is 0 Å². The molecular formula is C15H16N4OS4. The van der Waals surface area contributed by atoms with E-state index < -0.39 is 0 Å². The zero-order valence-corrected chi connectivity index (χ0v) is 16.6.